The van der Waals surface area contributed by atoms with Crippen molar-refractivity contribution >= 4 is 28.7 Å². The number of primary amides is 1. The third-order valence-electron chi connectivity index (χ3n) is 6.52. The van der Waals surface area contributed by atoms with E-state index in [-0.39, 0.29) is 11.9 Å². The molecule has 1 aliphatic heterocycles. The van der Waals surface area contributed by atoms with E-state index in [1.54, 1.807) is 17.3 Å². The second-order valence-electron chi connectivity index (χ2n) is 8.53. The first kappa shape index (κ1) is 22.6. The third kappa shape index (κ3) is 4.62. The number of carbonyl (C=O) groups is 2. The number of aromatic nitrogens is 3. The van der Waals surface area contributed by atoms with Crippen LogP contribution in [0.25, 0.3) is 11.0 Å². The van der Waals surface area contributed by atoms with E-state index in [0.29, 0.717) is 31.7 Å². The Morgan fingerprint density at radius 3 is 2.64 bits per heavy atom. The maximum absolute atomic E-state index is 13.3. The van der Waals surface area contributed by atoms with Gasteiger partial charge in [-0.1, -0.05) is 18.2 Å². The molecule has 1 aromatic carbocycles. The zero-order valence-electron chi connectivity index (χ0n) is 19.4. The molecule has 9 heteroatoms. The Labute approximate surface area is 193 Å². The average molecular weight is 450 g/mol. The number of urea groups is 1. The van der Waals surface area contributed by atoms with Gasteiger partial charge in [0.2, 0.25) is 0 Å². The van der Waals surface area contributed by atoms with Crippen molar-refractivity contribution in [2.75, 3.05) is 18.4 Å². The molecule has 1 aliphatic rings. The molecule has 33 heavy (non-hydrogen) atoms. The topological polar surface area (TPSA) is 118 Å². The van der Waals surface area contributed by atoms with Gasteiger partial charge >= 0.3 is 6.03 Å². The van der Waals surface area contributed by atoms with Crippen LogP contribution in [0.1, 0.15) is 46.8 Å². The number of nitrogens with two attached hydrogens (primary N) is 1. The van der Waals surface area contributed by atoms with Crippen LogP contribution in [0, 0.1) is 13.8 Å². The number of benzene rings is 1. The number of rotatable bonds is 6. The molecule has 0 unspecified atom stereocenters. The molecule has 0 spiro atoms. The van der Waals surface area contributed by atoms with Gasteiger partial charge in [-0.3, -0.25) is 4.79 Å². The molecule has 3 heterocycles. The van der Waals surface area contributed by atoms with Gasteiger partial charge < -0.3 is 21.3 Å². The highest BCUT2D eigenvalue weighted by molar-refractivity contribution is 6.06. The van der Waals surface area contributed by atoms with Crippen LogP contribution in [-0.4, -0.2) is 50.7 Å². The number of hydrogen-bond donors (Lipinski definition) is 3. The van der Waals surface area contributed by atoms with Gasteiger partial charge in [-0.2, -0.15) is 5.10 Å². The van der Waals surface area contributed by atoms with E-state index < -0.39 is 6.03 Å². The summed E-state index contributed by atoms with van der Waals surface area (Å²) in [6.07, 6.45) is 4.88. The second-order valence-corrected chi connectivity index (χ2v) is 8.53. The van der Waals surface area contributed by atoms with E-state index in [1.165, 1.54) is 11.1 Å². The summed E-state index contributed by atoms with van der Waals surface area (Å²) in [5.74, 6) is -0.188. The normalized spacial score (nSPS) is 14.5. The van der Waals surface area contributed by atoms with Gasteiger partial charge in [0.25, 0.3) is 5.91 Å². The van der Waals surface area contributed by atoms with Crippen LogP contribution in [0.2, 0.25) is 0 Å². The fraction of sp³-hybridized carbons (Fsp3) is 0.417. The van der Waals surface area contributed by atoms with Gasteiger partial charge in [0.05, 0.1) is 22.8 Å². The predicted octanol–water partition coefficient (Wildman–Crippen LogP) is 2.95. The minimum Gasteiger partial charge on any atom is -0.381 e. The van der Waals surface area contributed by atoms with E-state index in [1.807, 2.05) is 23.7 Å². The van der Waals surface area contributed by atoms with Crippen molar-refractivity contribution in [1.29, 1.82) is 0 Å². The Kier molecular flexibility index (Phi) is 6.48. The maximum atomic E-state index is 13.3. The summed E-state index contributed by atoms with van der Waals surface area (Å²) in [6, 6.07) is 5.82. The molecular formula is C24H31N7O2. The molecule has 3 amide bonds. The lowest BCUT2D eigenvalue weighted by molar-refractivity contribution is 0.0951. The molecule has 4 N–H and O–H groups in total. The Bertz CT molecular complexity index is 1180. The Hall–Kier alpha value is -3.62. The number of anilines is 1. The van der Waals surface area contributed by atoms with Crippen molar-refractivity contribution in [2.24, 2.45) is 5.73 Å². The van der Waals surface area contributed by atoms with Crippen LogP contribution < -0.4 is 16.4 Å². The molecule has 0 saturated carbocycles. The van der Waals surface area contributed by atoms with Crippen LogP contribution >= 0.6 is 0 Å². The zero-order chi connectivity index (χ0) is 23.5. The monoisotopic (exact) mass is 449 g/mol. The lowest BCUT2D eigenvalue weighted by Gasteiger charge is -2.32. The summed E-state index contributed by atoms with van der Waals surface area (Å²) >= 11 is 0. The van der Waals surface area contributed by atoms with Gasteiger partial charge in [-0.25, -0.2) is 14.5 Å². The molecule has 2 aromatic heterocycles. The number of hydrogen-bond acceptors (Lipinski definition) is 5. The summed E-state index contributed by atoms with van der Waals surface area (Å²) < 4.78 is 1.81. The summed E-state index contributed by atoms with van der Waals surface area (Å²) in [7, 11) is 0. The Morgan fingerprint density at radius 2 is 1.94 bits per heavy atom. The van der Waals surface area contributed by atoms with Crippen molar-refractivity contribution in [1.82, 2.24) is 25.0 Å². The first-order chi connectivity index (χ1) is 15.9. The smallest absolute Gasteiger partial charge is 0.314 e. The van der Waals surface area contributed by atoms with Crippen LogP contribution in [0.4, 0.5) is 10.5 Å². The molecule has 1 fully saturated rings. The van der Waals surface area contributed by atoms with E-state index in [4.69, 9.17) is 5.73 Å². The van der Waals surface area contributed by atoms with E-state index in [2.05, 4.69) is 40.6 Å². The number of likely N-dealkylation sites (tertiary alicyclic amines) is 1. The zero-order valence-corrected chi connectivity index (χ0v) is 19.4. The highest BCUT2D eigenvalue weighted by Gasteiger charge is 2.25. The van der Waals surface area contributed by atoms with Gasteiger partial charge in [-0.05, 0) is 50.3 Å². The lowest BCUT2D eigenvalue weighted by atomic mass is 10.0. The lowest BCUT2D eigenvalue weighted by Crippen LogP contribution is -2.44. The van der Waals surface area contributed by atoms with Gasteiger partial charge in [0, 0.05) is 38.4 Å². The first-order valence-corrected chi connectivity index (χ1v) is 11.4. The molecule has 0 bridgehead atoms. The maximum Gasteiger partial charge on any atom is 0.314 e. The van der Waals surface area contributed by atoms with Crippen molar-refractivity contribution in [2.45, 2.75) is 52.7 Å². The molecule has 1 saturated heterocycles. The van der Waals surface area contributed by atoms with Crippen LogP contribution in [-0.2, 0) is 13.1 Å². The third-order valence-corrected chi connectivity index (χ3v) is 6.52. The Morgan fingerprint density at radius 1 is 1.18 bits per heavy atom. The number of fused-ring (bicyclic) bond motifs is 1. The number of piperidine rings is 1. The van der Waals surface area contributed by atoms with Crippen molar-refractivity contribution in [3.63, 3.8) is 0 Å². The molecule has 9 nitrogen and oxygen atoms in total. The largest absolute Gasteiger partial charge is 0.381 e. The Balaban J connectivity index is 1.60. The van der Waals surface area contributed by atoms with E-state index >= 15 is 0 Å². The highest BCUT2D eigenvalue weighted by Crippen LogP contribution is 2.28. The number of pyridine rings is 1. The number of nitrogens with one attached hydrogen (secondary N) is 2. The molecule has 0 radical (unpaired) electrons. The standard InChI is InChI=1S/C24H31N7O2/c1-4-31-22-19(14-28-31)21(29-18-8-10-30(11-9-18)24(25)33)20(13-26-22)23(32)27-12-17-7-5-6-15(2)16(17)3/h5-7,13-14,18H,4,8-12H2,1-3H3,(H2,25,33)(H,26,29)(H,27,32). The quantitative estimate of drug-likeness (QED) is 0.535. The molecular weight excluding hydrogens is 418 g/mol. The number of amides is 3. The van der Waals surface area contributed by atoms with Gasteiger partial charge in [0.1, 0.15) is 0 Å². The average Bonchev–Trinajstić information content (AvgIpc) is 3.24. The SMILES string of the molecule is CCn1ncc2c(NC3CCN(C(N)=O)CC3)c(C(=O)NCc3cccc(C)c3C)cnc21. The van der Waals surface area contributed by atoms with Crippen molar-refractivity contribution < 1.29 is 9.59 Å². The minimum absolute atomic E-state index is 0.113. The first-order valence-electron chi connectivity index (χ1n) is 11.4. The molecule has 0 aliphatic carbocycles. The molecule has 4 rings (SSSR count). The minimum atomic E-state index is -0.393. The summed E-state index contributed by atoms with van der Waals surface area (Å²) in [5.41, 5.74) is 10.8. The highest BCUT2D eigenvalue weighted by atomic mass is 16.2. The second kappa shape index (κ2) is 9.48. The summed E-state index contributed by atoms with van der Waals surface area (Å²) in [6.45, 7) is 8.43. The van der Waals surface area contributed by atoms with Gasteiger partial charge in [-0.15, -0.1) is 0 Å². The molecule has 0 atom stereocenters. The van der Waals surface area contributed by atoms with Crippen molar-refractivity contribution in [3.05, 3.63) is 52.8 Å². The summed E-state index contributed by atoms with van der Waals surface area (Å²) in [4.78, 5) is 30.9. The van der Waals surface area contributed by atoms with Gasteiger partial charge in [0.15, 0.2) is 5.65 Å². The predicted molar refractivity (Wildman–Crippen MR) is 128 cm³/mol. The van der Waals surface area contributed by atoms with Crippen LogP contribution in [0.3, 0.4) is 0 Å². The fourth-order valence-electron chi connectivity index (χ4n) is 4.31. The molecule has 3 aromatic rings. The fourth-order valence-corrected chi connectivity index (χ4v) is 4.31. The van der Waals surface area contributed by atoms with E-state index in [9.17, 15) is 9.59 Å². The molecule has 174 valence electrons. The number of carbonyl (C=O) groups excluding carboxylic acids is 2. The summed E-state index contributed by atoms with van der Waals surface area (Å²) in [5, 5.41) is 11.9. The number of nitrogens with zero attached hydrogens (tertiary/aromatic N) is 4. The number of aryl methyl sites for hydroxylation is 2. The van der Waals surface area contributed by atoms with E-state index in [0.717, 1.165) is 35.1 Å². The van der Waals surface area contributed by atoms with Crippen molar-refractivity contribution in [3.8, 4) is 0 Å². The van der Waals surface area contributed by atoms with Crippen LogP contribution in [0.15, 0.2) is 30.6 Å². The van der Waals surface area contributed by atoms with Crippen LogP contribution in [0.5, 0.6) is 0 Å².